The molecule has 0 saturated carbocycles. The SMILES string of the molecule is CC(C)CC1=N[C@H](C(=O)O)C[C@@]1(C)O. The Morgan fingerprint density at radius 1 is 1.71 bits per heavy atom. The standard InChI is InChI=1S/C10H17NO3/c1-6(2)4-8-10(3,14)5-7(11-8)9(12)13/h6-7,14H,4-5H2,1-3H3,(H,12,13)/t7-,10+/m0/s1. The van der Waals surface area contributed by atoms with Gasteiger partial charge in [-0.05, 0) is 19.3 Å². The Hall–Kier alpha value is -0.900. The van der Waals surface area contributed by atoms with E-state index in [9.17, 15) is 9.90 Å². The second-order valence-electron chi connectivity index (χ2n) is 4.51. The Morgan fingerprint density at radius 3 is 2.64 bits per heavy atom. The van der Waals surface area contributed by atoms with Crippen LogP contribution in [0.15, 0.2) is 4.99 Å². The summed E-state index contributed by atoms with van der Waals surface area (Å²) >= 11 is 0. The van der Waals surface area contributed by atoms with Crippen LogP contribution in [0, 0.1) is 5.92 Å². The number of carbonyl (C=O) groups is 1. The van der Waals surface area contributed by atoms with Crippen molar-refractivity contribution in [1.29, 1.82) is 0 Å². The van der Waals surface area contributed by atoms with Gasteiger partial charge >= 0.3 is 5.97 Å². The molecule has 2 N–H and O–H groups in total. The summed E-state index contributed by atoms with van der Waals surface area (Å²) in [7, 11) is 0. The third-order valence-electron chi connectivity index (χ3n) is 2.41. The minimum Gasteiger partial charge on any atom is -0.480 e. The number of aliphatic carboxylic acids is 1. The number of aliphatic imine (C=N–C) groups is 1. The maximum absolute atomic E-state index is 10.7. The van der Waals surface area contributed by atoms with Gasteiger partial charge in [-0.2, -0.15) is 0 Å². The van der Waals surface area contributed by atoms with Crippen molar-refractivity contribution in [2.24, 2.45) is 10.9 Å². The summed E-state index contributed by atoms with van der Waals surface area (Å²) in [5, 5.41) is 18.7. The Morgan fingerprint density at radius 2 is 2.29 bits per heavy atom. The van der Waals surface area contributed by atoms with Crippen LogP contribution in [0.2, 0.25) is 0 Å². The van der Waals surface area contributed by atoms with Gasteiger partial charge in [0, 0.05) is 12.1 Å². The average molecular weight is 199 g/mol. The second kappa shape index (κ2) is 3.69. The number of hydrogen-bond acceptors (Lipinski definition) is 3. The van der Waals surface area contributed by atoms with Crippen molar-refractivity contribution in [3.63, 3.8) is 0 Å². The Bertz CT molecular complexity index is 269. The molecule has 0 amide bonds. The van der Waals surface area contributed by atoms with Crippen LogP contribution >= 0.6 is 0 Å². The molecule has 0 aliphatic carbocycles. The first kappa shape index (κ1) is 11.2. The van der Waals surface area contributed by atoms with Crippen LogP contribution in [0.4, 0.5) is 0 Å². The van der Waals surface area contributed by atoms with Crippen molar-refractivity contribution in [2.75, 3.05) is 0 Å². The molecule has 0 fully saturated rings. The molecule has 4 nitrogen and oxygen atoms in total. The molecule has 0 aromatic rings. The second-order valence-corrected chi connectivity index (χ2v) is 4.51. The first-order valence-electron chi connectivity index (χ1n) is 4.85. The Balaban J connectivity index is 2.79. The van der Waals surface area contributed by atoms with Gasteiger partial charge in [0.2, 0.25) is 0 Å². The largest absolute Gasteiger partial charge is 0.480 e. The number of nitrogens with zero attached hydrogens (tertiary/aromatic N) is 1. The first-order valence-corrected chi connectivity index (χ1v) is 4.85. The van der Waals surface area contributed by atoms with E-state index in [1.54, 1.807) is 6.92 Å². The van der Waals surface area contributed by atoms with E-state index in [0.29, 0.717) is 18.1 Å². The van der Waals surface area contributed by atoms with Gasteiger partial charge in [0.1, 0.15) is 5.60 Å². The lowest BCUT2D eigenvalue weighted by Crippen LogP contribution is -2.33. The molecule has 1 rings (SSSR count). The highest BCUT2D eigenvalue weighted by atomic mass is 16.4. The summed E-state index contributed by atoms with van der Waals surface area (Å²) in [5.41, 5.74) is -0.409. The van der Waals surface area contributed by atoms with Gasteiger partial charge in [-0.1, -0.05) is 13.8 Å². The number of rotatable bonds is 3. The maximum Gasteiger partial charge on any atom is 0.328 e. The highest BCUT2D eigenvalue weighted by Gasteiger charge is 2.40. The fraction of sp³-hybridized carbons (Fsp3) is 0.800. The first-order chi connectivity index (χ1) is 6.33. The fourth-order valence-corrected chi connectivity index (χ4v) is 1.67. The number of carboxylic acid groups (broad SMARTS) is 1. The lowest BCUT2D eigenvalue weighted by Gasteiger charge is -2.20. The summed E-state index contributed by atoms with van der Waals surface area (Å²) in [6.45, 7) is 5.68. The quantitative estimate of drug-likeness (QED) is 0.714. The van der Waals surface area contributed by atoms with Crippen LogP contribution in [-0.2, 0) is 4.79 Å². The molecule has 0 aromatic carbocycles. The van der Waals surface area contributed by atoms with E-state index in [4.69, 9.17) is 5.11 Å². The van der Waals surface area contributed by atoms with Crippen LogP contribution in [0.1, 0.15) is 33.6 Å². The van der Waals surface area contributed by atoms with Gasteiger partial charge in [-0.25, -0.2) is 4.79 Å². The van der Waals surface area contributed by atoms with E-state index >= 15 is 0 Å². The normalized spacial score (nSPS) is 32.1. The zero-order valence-electron chi connectivity index (χ0n) is 8.82. The topological polar surface area (TPSA) is 69.9 Å². The zero-order chi connectivity index (χ0) is 10.9. The summed E-state index contributed by atoms with van der Waals surface area (Å²) < 4.78 is 0. The minimum absolute atomic E-state index is 0.199. The van der Waals surface area contributed by atoms with E-state index < -0.39 is 17.6 Å². The third kappa shape index (κ3) is 2.32. The van der Waals surface area contributed by atoms with Crippen LogP contribution in [-0.4, -0.2) is 33.5 Å². The maximum atomic E-state index is 10.7. The van der Waals surface area contributed by atoms with Crippen molar-refractivity contribution >= 4 is 11.7 Å². The van der Waals surface area contributed by atoms with Crippen molar-refractivity contribution in [3.8, 4) is 0 Å². The summed E-state index contributed by atoms with van der Waals surface area (Å²) in [4.78, 5) is 14.8. The molecule has 14 heavy (non-hydrogen) atoms. The Labute approximate surface area is 83.7 Å². The smallest absolute Gasteiger partial charge is 0.328 e. The summed E-state index contributed by atoms with van der Waals surface area (Å²) in [5.74, 6) is -0.572. The minimum atomic E-state index is -1.03. The van der Waals surface area contributed by atoms with E-state index in [-0.39, 0.29) is 6.42 Å². The van der Waals surface area contributed by atoms with Gasteiger partial charge in [0.15, 0.2) is 6.04 Å². The van der Waals surface area contributed by atoms with Crippen molar-refractivity contribution in [3.05, 3.63) is 0 Å². The molecule has 1 aliphatic heterocycles. The predicted octanol–water partition coefficient (Wildman–Crippen LogP) is 1.08. The van der Waals surface area contributed by atoms with Crippen molar-refractivity contribution in [2.45, 2.75) is 45.3 Å². The zero-order valence-corrected chi connectivity index (χ0v) is 8.82. The number of carboxylic acids is 1. The molecule has 80 valence electrons. The van der Waals surface area contributed by atoms with E-state index in [2.05, 4.69) is 4.99 Å². The van der Waals surface area contributed by atoms with E-state index in [0.717, 1.165) is 0 Å². The van der Waals surface area contributed by atoms with Gasteiger partial charge in [-0.3, -0.25) is 4.99 Å². The molecule has 0 saturated heterocycles. The van der Waals surface area contributed by atoms with Gasteiger partial charge in [0.25, 0.3) is 0 Å². The Kier molecular flexibility index (Phi) is 2.95. The van der Waals surface area contributed by atoms with Gasteiger partial charge in [0.05, 0.1) is 0 Å². The average Bonchev–Trinajstić information content (AvgIpc) is 2.26. The molecule has 0 unspecified atom stereocenters. The lowest BCUT2D eigenvalue weighted by molar-refractivity contribution is -0.139. The molecular weight excluding hydrogens is 182 g/mol. The molecule has 0 aromatic heterocycles. The highest BCUT2D eigenvalue weighted by molar-refractivity contribution is 5.97. The van der Waals surface area contributed by atoms with Crippen LogP contribution < -0.4 is 0 Å². The fourth-order valence-electron chi connectivity index (χ4n) is 1.67. The third-order valence-corrected chi connectivity index (χ3v) is 2.41. The van der Waals surface area contributed by atoms with E-state index in [1.165, 1.54) is 0 Å². The summed E-state index contributed by atoms with van der Waals surface area (Å²) in [6, 6.07) is -0.765. The molecule has 0 bridgehead atoms. The van der Waals surface area contributed by atoms with Crippen LogP contribution in [0.5, 0.6) is 0 Å². The monoisotopic (exact) mass is 199 g/mol. The van der Waals surface area contributed by atoms with Gasteiger partial charge < -0.3 is 10.2 Å². The number of aliphatic hydroxyl groups is 1. The van der Waals surface area contributed by atoms with Gasteiger partial charge in [-0.15, -0.1) is 0 Å². The highest BCUT2D eigenvalue weighted by Crippen LogP contribution is 2.27. The molecule has 1 aliphatic rings. The predicted molar refractivity (Wildman–Crippen MR) is 53.6 cm³/mol. The van der Waals surface area contributed by atoms with E-state index in [1.807, 2.05) is 13.8 Å². The molecule has 2 atom stereocenters. The van der Waals surface area contributed by atoms with Crippen molar-refractivity contribution < 1.29 is 15.0 Å². The van der Waals surface area contributed by atoms with Crippen LogP contribution in [0.3, 0.4) is 0 Å². The molecule has 1 heterocycles. The number of hydrogen-bond donors (Lipinski definition) is 2. The molecule has 0 radical (unpaired) electrons. The van der Waals surface area contributed by atoms with Crippen LogP contribution in [0.25, 0.3) is 0 Å². The van der Waals surface area contributed by atoms with Crippen molar-refractivity contribution in [1.82, 2.24) is 0 Å². The summed E-state index contributed by atoms with van der Waals surface area (Å²) in [6.07, 6.45) is 0.862. The molecule has 4 heteroatoms. The molecule has 0 spiro atoms. The lowest BCUT2D eigenvalue weighted by atomic mass is 9.91. The molecular formula is C10H17NO3.